The van der Waals surface area contributed by atoms with E-state index in [9.17, 15) is 4.39 Å². The second-order valence-electron chi connectivity index (χ2n) is 3.56. The molecule has 1 aromatic heterocycles. The molecule has 0 radical (unpaired) electrons. The van der Waals surface area contributed by atoms with Crippen LogP contribution in [0.25, 0.3) is 11.5 Å². The van der Waals surface area contributed by atoms with E-state index in [2.05, 4.69) is 10.1 Å². The normalized spacial score (nSPS) is 12.8. The van der Waals surface area contributed by atoms with Crippen molar-refractivity contribution in [1.82, 2.24) is 10.1 Å². The van der Waals surface area contributed by atoms with E-state index < -0.39 is 0 Å². The summed E-state index contributed by atoms with van der Waals surface area (Å²) in [5.74, 6) is 0.129. The van der Waals surface area contributed by atoms with Gasteiger partial charge in [-0.05, 0) is 26.0 Å². The molecule has 0 amide bonds. The Morgan fingerprint density at radius 2 is 2.19 bits per heavy atom. The quantitative estimate of drug-likeness (QED) is 0.755. The molecule has 0 bridgehead atoms. The summed E-state index contributed by atoms with van der Waals surface area (Å²) >= 11 is 5.80. The van der Waals surface area contributed by atoms with Crippen LogP contribution in [-0.4, -0.2) is 10.1 Å². The van der Waals surface area contributed by atoms with Crippen molar-refractivity contribution in [3.8, 4) is 11.5 Å². The predicted octanol–water partition coefficient (Wildman–Crippen LogP) is 3.48. The third-order valence-electron chi connectivity index (χ3n) is 2.15. The zero-order valence-corrected chi connectivity index (χ0v) is 9.62. The van der Waals surface area contributed by atoms with Gasteiger partial charge in [0.1, 0.15) is 5.82 Å². The van der Waals surface area contributed by atoms with Crippen molar-refractivity contribution in [3.63, 3.8) is 0 Å². The Morgan fingerprint density at radius 3 is 2.81 bits per heavy atom. The molecule has 0 N–H and O–H groups in total. The van der Waals surface area contributed by atoms with E-state index in [1.165, 1.54) is 6.07 Å². The summed E-state index contributed by atoms with van der Waals surface area (Å²) in [4.78, 5) is 4.03. The van der Waals surface area contributed by atoms with Gasteiger partial charge in [0.05, 0.1) is 10.9 Å². The Hall–Kier alpha value is -1.42. The number of hydrogen-bond donors (Lipinski definition) is 0. The van der Waals surface area contributed by atoms with Crippen LogP contribution in [0.5, 0.6) is 0 Å². The van der Waals surface area contributed by atoms with Crippen LogP contribution in [0.4, 0.5) is 4.39 Å². The van der Waals surface area contributed by atoms with E-state index in [0.29, 0.717) is 11.4 Å². The lowest BCUT2D eigenvalue weighted by Gasteiger charge is -1.98. The lowest BCUT2D eigenvalue weighted by molar-refractivity contribution is 0.420. The molecule has 0 aliphatic carbocycles. The van der Waals surface area contributed by atoms with Gasteiger partial charge in [0.15, 0.2) is 5.82 Å². The number of hydrogen-bond acceptors (Lipinski definition) is 3. The van der Waals surface area contributed by atoms with Crippen LogP contribution < -0.4 is 0 Å². The lowest BCUT2D eigenvalue weighted by Crippen LogP contribution is -1.89. The highest BCUT2D eigenvalue weighted by Crippen LogP contribution is 2.24. The third-order valence-corrected chi connectivity index (χ3v) is 2.34. The minimum Gasteiger partial charge on any atom is -0.334 e. The minimum absolute atomic E-state index is 0.156. The first kappa shape index (κ1) is 11.1. The van der Waals surface area contributed by atoms with Gasteiger partial charge >= 0.3 is 0 Å². The maximum absolute atomic E-state index is 13.5. The van der Waals surface area contributed by atoms with Crippen molar-refractivity contribution in [2.75, 3.05) is 0 Å². The van der Waals surface area contributed by atoms with E-state index >= 15 is 0 Å². The maximum atomic E-state index is 13.5. The van der Waals surface area contributed by atoms with Crippen LogP contribution in [0.1, 0.15) is 23.7 Å². The lowest BCUT2D eigenvalue weighted by atomic mass is 10.1. The van der Waals surface area contributed by atoms with E-state index in [1.54, 1.807) is 19.1 Å². The predicted molar refractivity (Wildman–Crippen MR) is 58.7 cm³/mol. The smallest absolute Gasteiger partial charge is 0.260 e. The van der Waals surface area contributed by atoms with Crippen molar-refractivity contribution in [3.05, 3.63) is 35.4 Å². The van der Waals surface area contributed by atoms with Crippen LogP contribution >= 0.6 is 11.6 Å². The van der Waals surface area contributed by atoms with E-state index in [-0.39, 0.29) is 17.1 Å². The SMILES string of the molecule is Cc1ccc(F)c(-c2nc(C(C)Cl)no2)c1. The van der Waals surface area contributed by atoms with Gasteiger partial charge in [-0.15, -0.1) is 11.6 Å². The number of nitrogens with zero attached hydrogens (tertiary/aromatic N) is 2. The summed E-state index contributed by atoms with van der Waals surface area (Å²) < 4.78 is 18.5. The van der Waals surface area contributed by atoms with Gasteiger partial charge in [-0.2, -0.15) is 4.98 Å². The van der Waals surface area contributed by atoms with Gasteiger partial charge < -0.3 is 4.52 Å². The highest BCUT2D eigenvalue weighted by Gasteiger charge is 2.15. The maximum Gasteiger partial charge on any atom is 0.260 e. The largest absolute Gasteiger partial charge is 0.334 e. The average molecular weight is 241 g/mol. The van der Waals surface area contributed by atoms with Gasteiger partial charge in [0, 0.05) is 0 Å². The van der Waals surface area contributed by atoms with Crippen molar-refractivity contribution >= 4 is 11.6 Å². The van der Waals surface area contributed by atoms with Gasteiger partial charge in [-0.1, -0.05) is 16.8 Å². The molecule has 0 spiro atoms. The van der Waals surface area contributed by atoms with Crippen LogP contribution in [0.3, 0.4) is 0 Å². The molecule has 5 heteroatoms. The number of rotatable bonds is 2. The van der Waals surface area contributed by atoms with Gasteiger partial charge in [-0.3, -0.25) is 0 Å². The Morgan fingerprint density at radius 1 is 1.44 bits per heavy atom. The molecule has 1 heterocycles. The van der Waals surface area contributed by atoms with Crippen molar-refractivity contribution in [1.29, 1.82) is 0 Å². The molecule has 3 nitrogen and oxygen atoms in total. The van der Waals surface area contributed by atoms with Gasteiger partial charge in [0.25, 0.3) is 5.89 Å². The van der Waals surface area contributed by atoms with Crippen LogP contribution in [0.15, 0.2) is 22.7 Å². The van der Waals surface area contributed by atoms with E-state index in [1.807, 2.05) is 6.92 Å². The minimum atomic E-state index is -0.386. The highest BCUT2D eigenvalue weighted by molar-refractivity contribution is 6.20. The molecule has 0 aliphatic rings. The summed E-state index contributed by atoms with van der Waals surface area (Å²) in [6, 6.07) is 4.71. The first-order chi connectivity index (χ1) is 7.58. The molecule has 0 saturated heterocycles. The summed E-state index contributed by atoms with van der Waals surface area (Å²) in [7, 11) is 0. The van der Waals surface area contributed by atoms with Crippen LogP contribution in [0.2, 0.25) is 0 Å². The summed E-state index contributed by atoms with van der Waals surface area (Å²) in [5.41, 5.74) is 1.23. The van der Waals surface area contributed by atoms with Crippen molar-refractivity contribution in [2.24, 2.45) is 0 Å². The number of aromatic nitrogens is 2. The molecular weight excluding hydrogens is 231 g/mol. The zero-order chi connectivity index (χ0) is 11.7. The molecule has 2 aromatic rings. The highest BCUT2D eigenvalue weighted by atomic mass is 35.5. The molecule has 1 aromatic carbocycles. The first-order valence-corrected chi connectivity index (χ1v) is 5.26. The fraction of sp³-hybridized carbons (Fsp3) is 0.273. The number of alkyl halides is 1. The Labute approximate surface area is 97.2 Å². The number of halogens is 2. The number of aryl methyl sites for hydroxylation is 1. The Balaban J connectivity index is 2.46. The Bertz CT molecular complexity index is 510. The molecule has 1 unspecified atom stereocenters. The second kappa shape index (κ2) is 4.22. The average Bonchev–Trinajstić information content (AvgIpc) is 2.70. The molecular formula is C11H10ClFN2O. The molecule has 2 rings (SSSR count). The molecule has 0 fully saturated rings. The second-order valence-corrected chi connectivity index (χ2v) is 4.21. The molecule has 84 valence electrons. The van der Waals surface area contributed by atoms with Gasteiger partial charge in [-0.25, -0.2) is 4.39 Å². The molecule has 1 atom stereocenters. The van der Waals surface area contributed by atoms with Crippen molar-refractivity contribution < 1.29 is 8.91 Å². The van der Waals surface area contributed by atoms with Crippen LogP contribution in [0, 0.1) is 12.7 Å². The molecule has 16 heavy (non-hydrogen) atoms. The zero-order valence-electron chi connectivity index (χ0n) is 8.87. The summed E-state index contributed by atoms with van der Waals surface area (Å²) in [6.07, 6.45) is 0. The standard InChI is InChI=1S/C11H10ClFN2O/c1-6-3-4-9(13)8(5-6)11-14-10(7(2)12)15-16-11/h3-5,7H,1-2H3. The fourth-order valence-corrected chi connectivity index (χ4v) is 1.40. The van der Waals surface area contributed by atoms with E-state index in [0.717, 1.165) is 5.56 Å². The fourth-order valence-electron chi connectivity index (χ4n) is 1.31. The molecule has 0 saturated carbocycles. The summed E-state index contributed by atoms with van der Waals surface area (Å²) in [5, 5.41) is 3.32. The van der Waals surface area contributed by atoms with Crippen LogP contribution in [-0.2, 0) is 0 Å². The topological polar surface area (TPSA) is 38.9 Å². The summed E-state index contributed by atoms with van der Waals surface area (Å²) in [6.45, 7) is 3.59. The molecule has 0 aliphatic heterocycles. The first-order valence-electron chi connectivity index (χ1n) is 4.82. The monoisotopic (exact) mass is 240 g/mol. The van der Waals surface area contributed by atoms with Gasteiger partial charge in [0.2, 0.25) is 0 Å². The number of benzene rings is 1. The Kier molecular flexibility index (Phi) is 2.92. The van der Waals surface area contributed by atoms with Crippen molar-refractivity contribution in [2.45, 2.75) is 19.2 Å². The van der Waals surface area contributed by atoms with E-state index in [4.69, 9.17) is 16.1 Å². The third kappa shape index (κ3) is 2.07.